The Morgan fingerprint density at radius 2 is 1.94 bits per heavy atom. The zero-order chi connectivity index (χ0) is 14.1. The topological polar surface area (TPSA) is 57.6 Å². The molecule has 1 N–H and O–H groups in total. The number of carboxylic acid groups (broad SMARTS) is 1. The predicted octanol–water partition coefficient (Wildman–Crippen LogP) is 2.52. The fraction of sp³-hybridized carbons (Fsp3) is 0.333. The van der Waals surface area contributed by atoms with Crippen LogP contribution in [-0.2, 0) is 4.79 Å². The maximum atomic E-state index is 13.1. The number of likely N-dealkylation sites (N-methyl/N-ethyl adjacent to an activating group) is 1. The first kappa shape index (κ1) is 14.6. The van der Waals surface area contributed by atoms with Crippen LogP contribution < -0.4 is 0 Å². The van der Waals surface area contributed by atoms with E-state index in [0.29, 0.717) is 4.47 Å². The summed E-state index contributed by atoms with van der Waals surface area (Å²) in [5, 5.41) is 9.05. The molecule has 0 radical (unpaired) electrons. The lowest BCUT2D eigenvalue weighted by atomic mass is 10.0. The normalized spacial score (nSPS) is 11.2. The summed E-state index contributed by atoms with van der Waals surface area (Å²) in [7, 11) is 1.37. The molecule has 0 bridgehead atoms. The number of carboxylic acids is 1. The summed E-state index contributed by atoms with van der Waals surface area (Å²) in [5.41, 5.74) is -1.28. The number of rotatable bonds is 3. The van der Waals surface area contributed by atoms with E-state index in [2.05, 4.69) is 15.9 Å². The number of halogens is 2. The molecule has 0 atom stereocenters. The first-order chi connectivity index (χ1) is 8.17. The van der Waals surface area contributed by atoms with E-state index in [0.717, 1.165) is 11.0 Å². The molecule has 0 fully saturated rings. The van der Waals surface area contributed by atoms with E-state index in [4.69, 9.17) is 5.11 Å². The van der Waals surface area contributed by atoms with Gasteiger partial charge in [-0.05, 0) is 48.0 Å². The smallest absolute Gasteiger partial charge is 0.329 e. The maximum absolute atomic E-state index is 13.1. The summed E-state index contributed by atoms with van der Waals surface area (Å²) >= 11 is 3.14. The highest BCUT2D eigenvalue weighted by Gasteiger charge is 2.36. The number of amides is 1. The van der Waals surface area contributed by atoms with E-state index < -0.39 is 23.2 Å². The third-order valence-corrected chi connectivity index (χ3v) is 3.52. The number of aliphatic carboxylic acids is 1. The minimum Gasteiger partial charge on any atom is -0.480 e. The van der Waals surface area contributed by atoms with Crippen molar-refractivity contribution in [2.45, 2.75) is 19.4 Å². The molecule has 1 rings (SSSR count). The average Bonchev–Trinajstić information content (AvgIpc) is 2.30. The first-order valence-corrected chi connectivity index (χ1v) is 5.94. The Labute approximate surface area is 113 Å². The number of hydrogen-bond donors (Lipinski definition) is 1. The molecule has 1 amide bonds. The summed E-state index contributed by atoms with van der Waals surface area (Å²) in [4.78, 5) is 24.3. The van der Waals surface area contributed by atoms with Crippen LogP contribution in [0.5, 0.6) is 0 Å². The van der Waals surface area contributed by atoms with Crippen molar-refractivity contribution in [3.8, 4) is 0 Å². The van der Waals surface area contributed by atoms with Crippen molar-refractivity contribution in [1.29, 1.82) is 0 Å². The molecule has 0 unspecified atom stereocenters. The number of benzene rings is 1. The number of carbonyl (C=O) groups excluding carboxylic acids is 1. The Kier molecular flexibility index (Phi) is 4.11. The van der Waals surface area contributed by atoms with Crippen LogP contribution in [-0.4, -0.2) is 34.5 Å². The van der Waals surface area contributed by atoms with Gasteiger partial charge in [0.05, 0.1) is 5.56 Å². The second kappa shape index (κ2) is 5.06. The second-order valence-electron chi connectivity index (χ2n) is 4.35. The van der Waals surface area contributed by atoms with Crippen LogP contribution in [0.15, 0.2) is 22.7 Å². The molecule has 6 heteroatoms. The average molecular weight is 318 g/mol. The molecule has 1 aromatic carbocycles. The molecular formula is C12H13BrFNO3. The van der Waals surface area contributed by atoms with Crippen LogP contribution in [0.4, 0.5) is 4.39 Å². The molecule has 98 valence electrons. The van der Waals surface area contributed by atoms with Gasteiger partial charge in [-0.2, -0.15) is 0 Å². The van der Waals surface area contributed by atoms with Crippen LogP contribution in [0, 0.1) is 5.82 Å². The van der Waals surface area contributed by atoms with Gasteiger partial charge in [0, 0.05) is 11.5 Å². The predicted molar refractivity (Wildman–Crippen MR) is 67.9 cm³/mol. The van der Waals surface area contributed by atoms with Crippen molar-refractivity contribution in [2.24, 2.45) is 0 Å². The van der Waals surface area contributed by atoms with Gasteiger partial charge in [-0.25, -0.2) is 9.18 Å². The minimum atomic E-state index is -1.37. The largest absolute Gasteiger partial charge is 0.480 e. The number of nitrogens with zero attached hydrogens (tertiary/aromatic N) is 1. The Morgan fingerprint density at radius 3 is 2.44 bits per heavy atom. The van der Waals surface area contributed by atoms with E-state index in [1.165, 1.54) is 33.0 Å². The standard InChI is InChI=1S/C12H13BrFNO3/c1-12(2,11(17)18)15(3)10(16)8-6-7(14)4-5-9(8)13/h4-6H,1-3H3,(H,17,18). The SMILES string of the molecule is CN(C(=O)c1cc(F)ccc1Br)C(C)(C)C(=O)O. The van der Waals surface area contributed by atoms with Crippen LogP contribution in [0.25, 0.3) is 0 Å². The fourth-order valence-electron chi connectivity index (χ4n) is 1.24. The van der Waals surface area contributed by atoms with Crippen LogP contribution in [0.3, 0.4) is 0 Å². The highest BCUT2D eigenvalue weighted by Crippen LogP contribution is 2.22. The molecule has 0 aliphatic carbocycles. The summed E-state index contributed by atoms with van der Waals surface area (Å²) in [6.45, 7) is 2.81. The van der Waals surface area contributed by atoms with Gasteiger partial charge in [0.1, 0.15) is 11.4 Å². The van der Waals surface area contributed by atoms with E-state index in [1.54, 1.807) is 0 Å². The van der Waals surface area contributed by atoms with Gasteiger partial charge in [0.15, 0.2) is 0 Å². The molecule has 0 aromatic heterocycles. The van der Waals surface area contributed by atoms with Gasteiger partial charge >= 0.3 is 5.97 Å². The molecule has 0 saturated carbocycles. The van der Waals surface area contributed by atoms with Crippen LogP contribution in [0.1, 0.15) is 24.2 Å². The molecular weight excluding hydrogens is 305 g/mol. The monoisotopic (exact) mass is 317 g/mol. The van der Waals surface area contributed by atoms with Gasteiger partial charge in [-0.3, -0.25) is 4.79 Å². The summed E-state index contributed by atoms with van der Waals surface area (Å²) in [5.74, 6) is -2.25. The molecule has 4 nitrogen and oxygen atoms in total. The molecule has 18 heavy (non-hydrogen) atoms. The first-order valence-electron chi connectivity index (χ1n) is 5.14. The summed E-state index contributed by atoms with van der Waals surface area (Å²) < 4.78 is 13.5. The van der Waals surface area contributed by atoms with Gasteiger partial charge in [0.25, 0.3) is 5.91 Å². The van der Waals surface area contributed by atoms with Crippen molar-refractivity contribution in [3.05, 3.63) is 34.1 Å². The van der Waals surface area contributed by atoms with Crippen molar-refractivity contribution in [1.82, 2.24) is 4.90 Å². The third kappa shape index (κ3) is 2.69. The van der Waals surface area contributed by atoms with Gasteiger partial charge in [-0.1, -0.05) is 0 Å². The maximum Gasteiger partial charge on any atom is 0.329 e. The van der Waals surface area contributed by atoms with E-state index in [1.807, 2.05) is 0 Å². The van der Waals surface area contributed by atoms with Crippen molar-refractivity contribution in [3.63, 3.8) is 0 Å². The summed E-state index contributed by atoms with van der Waals surface area (Å²) in [6, 6.07) is 3.69. The molecule has 0 heterocycles. The third-order valence-electron chi connectivity index (χ3n) is 2.83. The lowest BCUT2D eigenvalue weighted by Crippen LogP contribution is -2.50. The Morgan fingerprint density at radius 1 is 1.39 bits per heavy atom. The minimum absolute atomic E-state index is 0.0897. The zero-order valence-corrected chi connectivity index (χ0v) is 11.8. The highest BCUT2D eigenvalue weighted by atomic mass is 79.9. The lowest BCUT2D eigenvalue weighted by Gasteiger charge is -2.31. The molecule has 0 saturated heterocycles. The number of carbonyl (C=O) groups is 2. The van der Waals surface area contributed by atoms with Crippen molar-refractivity contribution in [2.75, 3.05) is 7.05 Å². The molecule has 0 aliphatic heterocycles. The number of hydrogen-bond acceptors (Lipinski definition) is 2. The van der Waals surface area contributed by atoms with E-state index >= 15 is 0 Å². The van der Waals surface area contributed by atoms with E-state index in [-0.39, 0.29) is 5.56 Å². The summed E-state index contributed by atoms with van der Waals surface area (Å²) in [6.07, 6.45) is 0. The van der Waals surface area contributed by atoms with E-state index in [9.17, 15) is 14.0 Å². The van der Waals surface area contributed by atoms with Gasteiger partial charge in [0.2, 0.25) is 0 Å². The molecule has 1 aromatic rings. The fourth-order valence-corrected chi connectivity index (χ4v) is 1.66. The Hall–Kier alpha value is -1.43. The highest BCUT2D eigenvalue weighted by molar-refractivity contribution is 9.10. The van der Waals surface area contributed by atoms with Crippen molar-refractivity contribution < 1.29 is 19.1 Å². The quantitative estimate of drug-likeness (QED) is 0.932. The molecule has 0 aliphatic rings. The van der Waals surface area contributed by atoms with Crippen LogP contribution in [0.2, 0.25) is 0 Å². The lowest BCUT2D eigenvalue weighted by molar-refractivity contribution is -0.147. The van der Waals surface area contributed by atoms with Crippen LogP contribution >= 0.6 is 15.9 Å². The second-order valence-corrected chi connectivity index (χ2v) is 5.21. The van der Waals surface area contributed by atoms with Gasteiger partial charge < -0.3 is 10.0 Å². The van der Waals surface area contributed by atoms with Crippen molar-refractivity contribution >= 4 is 27.8 Å². The van der Waals surface area contributed by atoms with Gasteiger partial charge in [-0.15, -0.1) is 0 Å². The zero-order valence-electron chi connectivity index (χ0n) is 10.2. The Balaban J connectivity index is 3.15. The Bertz CT molecular complexity index is 502. The molecule has 0 spiro atoms.